The second-order valence-electron chi connectivity index (χ2n) is 4.09. The zero-order chi connectivity index (χ0) is 15.6. The zero-order valence-electron chi connectivity index (χ0n) is 11.2. The highest BCUT2D eigenvalue weighted by molar-refractivity contribution is 7.99. The van der Waals surface area contributed by atoms with Crippen molar-refractivity contribution in [1.29, 1.82) is 0 Å². The van der Waals surface area contributed by atoms with Crippen LogP contribution in [0.3, 0.4) is 0 Å². The largest absolute Gasteiger partial charge is 0.409 e. The first-order valence-electron chi connectivity index (χ1n) is 5.72. The first kappa shape index (κ1) is 14.8. The maximum absolute atomic E-state index is 11.3. The van der Waals surface area contributed by atoms with Crippen molar-refractivity contribution in [3.05, 3.63) is 44.1 Å². The summed E-state index contributed by atoms with van der Waals surface area (Å²) in [6.45, 7) is 1.78. The van der Waals surface area contributed by atoms with Crippen LogP contribution in [0.1, 0.15) is 11.1 Å². The molecule has 0 radical (unpaired) electrons. The molecule has 0 bridgehead atoms. The van der Waals surface area contributed by atoms with Crippen LogP contribution in [0.25, 0.3) is 0 Å². The molecule has 4 N–H and O–H groups in total. The van der Waals surface area contributed by atoms with E-state index < -0.39 is 11.1 Å². The van der Waals surface area contributed by atoms with Crippen LogP contribution in [-0.2, 0) is 7.05 Å². The Morgan fingerprint density at radius 2 is 2.24 bits per heavy atom. The molecule has 10 heteroatoms. The van der Waals surface area contributed by atoms with Crippen LogP contribution in [0, 0.1) is 6.92 Å². The number of hydrogen-bond donors (Lipinski definition) is 3. The summed E-state index contributed by atoms with van der Waals surface area (Å²) in [6.07, 6.45) is 1.55. The number of H-pyrrole nitrogens is 1. The molecular formula is C11H12N6O3S. The number of nitrogens with two attached hydrogens (primary N) is 1. The number of aromatic amines is 1. The van der Waals surface area contributed by atoms with Gasteiger partial charge in [0, 0.05) is 13.2 Å². The minimum absolute atomic E-state index is 0.0995. The second kappa shape index (κ2) is 5.79. The first-order chi connectivity index (χ1) is 9.93. The number of aromatic nitrogens is 4. The number of amidine groups is 1. The van der Waals surface area contributed by atoms with E-state index in [4.69, 9.17) is 10.9 Å². The van der Waals surface area contributed by atoms with Gasteiger partial charge in [0.1, 0.15) is 5.03 Å². The van der Waals surface area contributed by atoms with Gasteiger partial charge in [0.2, 0.25) is 0 Å². The number of hydrogen-bond acceptors (Lipinski definition) is 7. The van der Waals surface area contributed by atoms with Gasteiger partial charge in [-0.3, -0.25) is 19.4 Å². The van der Waals surface area contributed by atoms with Gasteiger partial charge in [0.15, 0.2) is 11.0 Å². The van der Waals surface area contributed by atoms with E-state index in [9.17, 15) is 9.59 Å². The SMILES string of the molecule is Cc1ccnc(Sc2nc(=O)c(=O)[nH]n2C)c1/C(N)=N/O. The lowest BCUT2D eigenvalue weighted by Crippen LogP contribution is -2.33. The molecule has 0 aromatic carbocycles. The van der Waals surface area contributed by atoms with Gasteiger partial charge in [0.25, 0.3) is 0 Å². The number of nitrogens with one attached hydrogen (secondary N) is 1. The number of aryl methyl sites for hydroxylation is 2. The zero-order valence-corrected chi connectivity index (χ0v) is 12.0. The van der Waals surface area contributed by atoms with E-state index in [1.54, 1.807) is 19.2 Å². The van der Waals surface area contributed by atoms with Gasteiger partial charge in [-0.05, 0) is 30.3 Å². The standard InChI is InChI=1S/C11H12N6O3S/c1-5-3-4-13-10(6(5)7(12)16-20)21-11-14-8(18)9(19)15-17(11)2/h3-4,20H,1-2H3,(H2,12,16)(H,15,19). The fourth-order valence-corrected chi connectivity index (χ4v) is 2.58. The van der Waals surface area contributed by atoms with Gasteiger partial charge in [-0.15, -0.1) is 0 Å². The molecule has 21 heavy (non-hydrogen) atoms. The molecule has 9 nitrogen and oxygen atoms in total. The molecule has 0 aliphatic heterocycles. The van der Waals surface area contributed by atoms with Crippen molar-refractivity contribution in [3.63, 3.8) is 0 Å². The van der Waals surface area contributed by atoms with Crippen LogP contribution in [0.5, 0.6) is 0 Å². The summed E-state index contributed by atoms with van der Waals surface area (Å²) in [6, 6.07) is 1.71. The number of nitrogens with zero attached hydrogens (tertiary/aromatic N) is 4. The van der Waals surface area contributed by atoms with Crippen LogP contribution < -0.4 is 16.9 Å². The van der Waals surface area contributed by atoms with Crippen molar-refractivity contribution in [2.24, 2.45) is 17.9 Å². The molecular weight excluding hydrogens is 296 g/mol. The monoisotopic (exact) mass is 308 g/mol. The smallest absolute Gasteiger partial charge is 0.339 e. The minimum Gasteiger partial charge on any atom is -0.409 e. The van der Waals surface area contributed by atoms with E-state index in [-0.39, 0.29) is 11.0 Å². The Bertz CT molecular complexity index is 825. The van der Waals surface area contributed by atoms with E-state index in [0.717, 1.165) is 17.3 Å². The summed E-state index contributed by atoms with van der Waals surface area (Å²) in [7, 11) is 1.54. The molecule has 0 fully saturated rings. The lowest BCUT2D eigenvalue weighted by molar-refractivity contribution is 0.318. The van der Waals surface area contributed by atoms with Gasteiger partial charge in [-0.25, -0.2) is 4.98 Å². The summed E-state index contributed by atoms with van der Waals surface area (Å²) in [5.74, 6) is -0.0995. The molecule has 2 aromatic heterocycles. The molecule has 0 spiro atoms. The number of pyridine rings is 1. The van der Waals surface area contributed by atoms with E-state index in [0.29, 0.717) is 10.6 Å². The quantitative estimate of drug-likeness (QED) is 0.226. The molecule has 0 unspecified atom stereocenters. The highest BCUT2D eigenvalue weighted by Crippen LogP contribution is 2.27. The lowest BCUT2D eigenvalue weighted by atomic mass is 10.1. The van der Waals surface area contributed by atoms with Gasteiger partial charge in [-0.1, -0.05) is 5.16 Å². The molecule has 2 heterocycles. The van der Waals surface area contributed by atoms with Crippen LogP contribution in [-0.4, -0.2) is 30.8 Å². The Balaban J connectivity index is 2.55. The second-order valence-corrected chi connectivity index (χ2v) is 5.05. The van der Waals surface area contributed by atoms with Crippen molar-refractivity contribution < 1.29 is 5.21 Å². The van der Waals surface area contributed by atoms with Crippen molar-refractivity contribution in [3.8, 4) is 0 Å². The summed E-state index contributed by atoms with van der Waals surface area (Å²) in [4.78, 5) is 30.3. The third-order valence-electron chi connectivity index (χ3n) is 2.62. The predicted molar refractivity (Wildman–Crippen MR) is 75.7 cm³/mol. The maximum atomic E-state index is 11.3. The molecule has 0 saturated carbocycles. The van der Waals surface area contributed by atoms with E-state index in [1.807, 2.05) is 0 Å². The van der Waals surface area contributed by atoms with Crippen LogP contribution in [0.4, 0.5) is 0 Å². The minimum atomic E-state index is -0.895. The average Bonchev–Trinajstić information content (AvgIpc) is 2.44. The van der Waals surface area contributed by atoms with Gasteiger partial charge < -0.3 is 10.9 Å². The molecule has 0 aliphatic rings. The van der Waals surface area contributed by atoms with E-state index >= 15 is 0 Å². The molecule has 0 atom stereocenters. The highest BCUT2D eigenvalue weighted by Gasteiger charge is 2.15. The highest BCUT2D eigenvalue weighted by atomic mass is 32.2. The van der Waals surface area contributed by atoms with Crippen LogP contribution in [0.2, 0.25) is 0 Å². The fraction of sp³-hybridized carbons (Fsp3) is 0.182. The molecule has 2 aromatic rings. The third-order valence-corrected chi connectivity index (χ3v) is 3.67. The van der Waals surface area contributed by atoms with Crippen molar-refractivity contribution >= 4 is 17.6 Å². The van der Waals surface area contributed by atoms with Crippen LogP contribution >= 0.6 is 11.8 Å². The van der Waals surface area contributed by atoms with Crippen LogP contribution in [0.15, 0.2) is 37.2 Å². The maximum Gasteiger partial charge on any atom is 0.339 e. The van der Waals surface area contributed by atoms with Crippen molar-refractivity contribution in [2.75, 3.05) is 0 Å². The Morgan fingerprint density at radius 1 is 1.52 bits per heavy atom. The first-order valence-corrected chi connectivity index (χ1v) is 6.54. The average molecular weight is 308 g/mol. The topological polar surface area (TPSA) is 139 Å². The van der Waals surface area contributed by atoms with E-state index in [1.165, 1.54) is 11.7 Å². The molecule has 0 saturated heterocycles. The Labute approximate surface area is 122 Å². The number of rotatable bonds is 3. The normalized spacial score (nSPS) is 11.6. The lowest BCUT2D eigenvalue weighted by Gasteiger charge is -2.10. The Kier molecular flexibility index (Phi) is 4.08. The number of oxime groups is 1. The van der Waals surface area contributed by atoms with Gasteiger partial charge in [-0.2, -0.15) is 4.98 Å². The summed E-state index contributed by atoms with van der Waals surface area (Å²) < 4.78 is 1.30. The van der Waals surface area contributed by atoms with E-state index in [2.05, 4.69) is 20.2 Å². The summed E-state index contributed by atoms with van der Waals surface area (Å²) in [5.41, 5.74) is 5.12. The fourth-order valence-electron chi connectivity index (χ4n) is 1.61. The van der Waals surface area contributed by atoms with Gasteiger partial charge >= 0.3 is 11.1 Å². The van der Waals surface area contributed by atoms with Gasteiger partial charge in [0.05, 0.1) is 5.56 Å². The molecule has 0 aliphatic carbocycles. The Hall–Kier alpha value is -2.62. The summed E-state index contributed by atoms with van der Waals surface area (Å²) >= 11 is 1.02. The van der Waals surface area contributed by atoms with Crippen molar-refractivity contribution in [1.82, 2.24) is 19.7 Å². The Morgan fingerprint density at radius 3 is 2.90 bits per heavy atom. The molecule has 110 valence electrons. The van der Waals surface area contributed by atoms with Crippen molar-refractivity contribution in [2.45, 2.75) is 17.1 Å². The molecule has 2 rings (SSSR count). The summed E-state index contributed by atoms with van der Waals surface area (Å²) in [5, 5.41) is 14.8. The third kappa shape index (κ3) is 2.94. The molecule has 0 amide bonds. The predicted octanol–water partition coefficient (Wildman–Crippen LogP) is -0.582.